The molecule has 0 radical (unpaired) electrons. The van der Waals surface area contributed by atoms with E-state index in [1.807, 2.05) is 41.3 Å². The maximum absolute atomic E-state index is 13.7. The third-order valence-electron chi connectivity index (χ3n) is 5.99. The molecule has 2 aromatic carbocycles. The quantitative estimate of drug-likeness (QED) is 0.675. The summed E-state index contributed by atoms with van der Waals surface area (Å²) in [5.74, 6) is 0.0703. The van der Waals surface area contributed by atoms with Gasteiger partial charge in [-0.1, -0.05) is 48.5 Å². The normalized spacial score (nSPS) is 20.4. The number of amides is 1. The van der Waals surface area contributed by atoms with Crippen LogP contribution in [0.25, 0.3) is 10.9 Å². The van der Waals surface area contributed by atoms with Crippen LogP contribution in [0.2, 0.25) is 0 Å². The van der Waals surface area contributed by atoms with Crippen molar-refractivity contribution in [3.05, 3.63) is 71.9 Å². The van der Waals surface area contributed by atoms with Gasteiger partial charge in [0.1, 0.15) is 5.69 Å². The fourth-order valence-electron chi connectivity index (χ4n) is 4.56. The topological polar surface area (TPSA) is 43.7 Å². The van der Waals surface area contributed by atoms with Crippen LogP contribution in [0, 0.1) is 0 Å². The number of rotatable bonds is 4. The van der Waals surface area contributed by atoms with Gasteiger partial charge in [-0.2, -0.15) is 0 Å². The highest BCUT2D eigenvalue weighted by molar-refractivity contribution is 5.99. The van der Waals surface area contributed by atoms with Crippen LogP contribution in [0.4, 0.5) is 0 Å². The molecule has 0 saturated carbocycles. The number of hydrogen-bond acceptors (Lipinski definition) is 3. The Morgan fingerprint density at radius 1 is 0.966 bits per heavy atom. The Labute approximate surface area is 170 Å². The summed E-state index contributed by atoms with van der Waals surface area (Å²) in [5, 5.41) is 1.09. The number of likely N-dealkylation sites (tertiary alicyclic amines) is 1. The number of benzene rings is 2. The van der Waals surface area contributed by atoms with Crippen molar-refractivity contribution in [3.8, 4) is 0 Å². The SMILES string of the molecule is O=C(c1cc2ccccc2n1Cc1ccccc1)N1CCCCC1C1OCCO1. The minimum Gasteiger partial charge on any atom is -0.348 e. The zero-order valence-corrected chi connectivity index (χ0v) is 16.5. The standard InChI is InChI=1S/C24H26N2O3/c27-23(25-13-7-6-12-21(25)24-28-14-15-29-24)22-16-19-10-4-5-11-20(19)26(22)17-18-8-2-1-3-9-18/h1-5,8-11,16,21,24H,6-7,12-15,17H2. The molecule has 150 valence electrons. The van der Waals surface area contributed by atoms with Gasteiger partial charge in [0.25, 0.3) is 5.91 Å². The Kier molecular flexibility index (Phi) is 5.08. The molecule has 29 heavy (non-hydrogen) atoms. The van der Waals surface area contributed by atoms with Crippen LogP contribution in [-0.2, 0) is 16.0 Å². The molecule has 1 amide bonds. The van der Waals surface area contributed by atoms with Crippen molar-refractivity contribution in [1.29, 1.82) is 0 Å². The van der Waals surface area contributed by atoms with E-state index in [0.29, 0.717) is 19.8 Å². The lowest BCUT2D eigenvalue weighted by Crippen LogP contribution is -2.50. The van der Waals surface area contributed by atoms with Crippen LogP contribution >= 0.6 is 0 Å². The summed E-state index contributed by atoms with van der Waals surface area (Å²) >= 11 is 0. The molecule has 1 aromatic heterocycles. The minimum absolute atomic E-state index is 0.0121. The molecular weight excluding hydrogens is 364 g/mol. The average molecular weight is 390 g/mol. The second kappa shape index (κ2) is 8.01. The van der Waals surface area contributed by atoms with Gasteiger partial charge < -0.3 is 18.9 Å². The molecule has 0 aliphatic carbocycles. The fourth-order valence-corrected chi connectivity index (χ4v) is 4.56. The number of para-hydroxylation sites is 1. The van der Waals surface area contributed by atoms with Crippen molar-refractivity contribution in [2.75, 3.05) is 19.8 Å². The number of carbonyl (C=O) groups excluding carboxylic acids is 1. The lowest BCUT2D eigenvalue weighted by atomic mass is 10.0. The third-order valence-corrected chi connectivity index (χ3v) is 5.99. The monoisotopic (exact) mass is 390 g/mol. The number of carbonyl (C=O) groups is 1. The Morgan fingerprint density at radius 3 is 2.55 bits per heavy atom. The smallest absolute Gasteiger partial charge is 0.270 e. The molecule has 0 spiro atoms. The highest BCUT2D eigenvalue weighted by atomic mass is 16.7. The Hall–Kier alpha value is -2.63. The first-order valence-electron chi connectivity index (χ1n) is 10.5. The van der Waals surface area contributed by atoms with E-state index in [9.17, 15) is 4.79 Å². The van der Waals surface area contributed by atoms with Crippen LogP contribution in [0.1, 0.15) is 35.3 Å². The minimum atomic E-state index is -0.300. The van der Waals surface area contributed by atoms with Gasteiger partial charge in [0.2, 0.25) is 0 Å². The molecule has 3 aromatic rings. The Bertz CT molecular complexity index is 992. The lowest BCUT2D eigenvalue weighted by Gasteiger charge is -2.38. The summed E-state index contributed by atoms with van der Waals surface area (Å²) in [6.07, 6.45) is 2.75. The lowest BCUT2D eigenvalue weighted by molar-refractivity contribution is -0.100. The molecule has 2 fully saturated rings. The summed E-state index contributed by atoms with van der Waals surface area (Å²) in [5.41, 5.74) is 3.00. The maximum Gasteiger partial charge on any atom is 0.270 e. The van der Waals surface area contributed by atoms with E-state index in [0.717, 1.165) is 42.4 Å². The van der Waals surface area contributed by atoms with Crippen LogP contribution in [0.5, 0.6) is 0 Å². The van der Waals surface area contributed by atoms with E-state index in [2.05, 4.69) is 28.8 Å². The molecule has 0 bridgehead atoms. The molecule has 5 nitrogen and oxygen atoms in total. The highest BCUT2D eigenvalue weighted by Gasteiger charge is 2.37. The third kappa shape index (κ3) is 3.56. The zero-order chi connectivity index (χ0) is 19.6. The number of nitrogens with zero attached hydrogens (tertiary/aromatic N) is 2. The number of fused-ring (bicyclic) bond motifs is 1. The number of hydrogen-bond donors (Lipinski definition) is 0. The molecule has 0 N–H and O–H groups in total. The van der Waals surface area contributed by atoms with Gasteiger partial charge in [0.15, 0.2) is 6.29 Å². The van der Waals surface area contributed by atoms with E-state index < -0.39 is 0 Å². The molecule has 1 unspecified atom stereocenters. The first-order valence-corrected chi connectivity index (χ1v) is 10.5. The summed E-state index contributed by atoms with van der Waals surface area (Å²) < 4.78 is 13.7. The van der Waals surface area contributed by atoms with Crippen LogP contribution in [-0.4, -0.2) is 47.5 Å². The zero-order valence-electron chi connectivity index (χ0n) is 16.5. The summed E-state index contributed by atoms with van der Waals surface area (Å²) in [7, 11) is 0. The molecule has 2 aliphatic heterocycles. The average Bonchev–Trinajstić information content (AvgIpc) is 3.43. The second-order valence-corrected chi connectivity index (χ2v) is 7.83. The number of ether oxygens (including phenoxy) is 2. The molecule has 2 aliphatic rings. The molecule has 3 heterocycles. The van der Waals surface area contributed by atoms with Crippen molar-refractivity contribution in [3.63, 3.8) is 0 Å². The first-order chi connectivity index (χ1) is 14.3. The molecule has 5 heteroatoms. The first kappa shape index (κ1) is 18.4. The van der Waals surface area contributed by atoms with E-state index in [-0.39, 0.29) is 18.2 Å². The molecule has 5 rings (SSSR count). The Morgan fingerprint density at radius 2 is 1.72 bits per heavy atom. The van der Waals surface area contributed by atoms with Crippen molar-refractivity contribution in [2.24, 2.45) is 0 Å². The number of piperidine rings is 1. The van der Waals surface area contributed by atoms with Gasteiger partial charge >= 0.3 is 0 Å². The van der Waals surface area contributed by atoms with Crippen LogP contribution < -0.4 is 0 Å². The molecular formula is C24H26N2O3. The highest BCUT2D eigenvalue weighted by Crippen LogP contribution is 2.28. The molecule has 2 saturated heterocycles. The van der Waals surface area contributed by atoms with Gasteiger partial charge in [-0.15, -0.1) is 0 Å². The van der Waals surface area contributed by atoms with Crippen LogP contribution in [0.3, 0.4) is 0 Å². The summed E-state index contributed by atoms with van der Waals surface area (Å²) in [6, 6.07) is 20.5. The van der Waals surface area contributed by atoms with E-state index in [4.69, 9.17) is 9.47 Å². The predicted molar refractivity (Wildman–Crippen MR) is 112 cm³/mol. The van der Waals surface area contributed by atoms with Crippen LogP contribution in [0.15, 0.2) is 60.7 Å². The fraction of sp³-hybridized carbons (Fsp3) is 0.375. The van der Waals surface area contributed by atoms with Crippen molar-refractivity contribution >= 4 is 16.8 Å². The Balaban J connectivity index is 1.53. The summed E-state index contributed by atoms with van der Waals surface area (Å²) in [6.45, 7) is 2.64. The number of aromatic nitrogens is 1. The molecule has 1 atom stereocenters. The van der Waals surface area contributed by atoms with Crippen molar-refractivity contribution in [2.45, 2.75) is 38.1 Å². The van der Waals surface area contributed by atoms with Gasteiger partial charge in [0.05, 0.1) is 19.3 Å². The van der Waals surface area contributed by atoms with Gasteiger partial charge in [-0.05, 0) is 37.0 Å². The van der Waals surface area contributed by atoms with E-state index in [1.54, 1.807) is 0 Å². The van der Waals surface area contributed by atoms with Crippen molar-refractivity contribution < 1.29 is 14.3 Å². The largest absolute Gasteiger partial charge is 0.348 e. The van der Waals surface area contributed by atoms with Gasteiger partial charge in [0, 0.05) is 24.0 Å². The maximum atomic E-state index is 13.7. The van der Waals surface area contributed by atoms with E-state index in [1.165, 1.54) is 5.56 Å². The second-order valence-electron chi connectivity index (χ2n) is 7.83. The van der Waals surface area contributed by atoms with Gasteiger partial charge in [-0.3, -0.25) is 4.79 Å². The van der Waals surface area contributed by atoms with Gasteiger partial charge in [-0.25, -0.2) is 0 Å². The van der Waals surface area contributed by atoms with E-state index >= 15 is 0 Å². The van der Waals surface area contributed by atoms with Crippen molar-refractivity contribution in [1.82, 2.24) is 9.47 Å². The summed E-state index contributed by atoms with van der Waals surface area (Å²) in [4.78, 5) is 15.7. The predicted octanol–water partition coefficient (Wildman–Crippen LogP) is 4.06.